The number of benzene rings is 2. The Labute approximate surface area is 151 Å². The number of amides is 2. The summed E-state index contributed by atoms with van der Waals surface area (Å²) in [6.45, 7) is 5.68. The minimum Gasteiger partial charge on any atom is -0.457 e. The van der Waals surface area contributed by atoms with Gasteiger partial charge < -0.3 is 15.4 Å². The van der Waals surface area contributed by atoms with Crippen LogP contribution in [0, 0.1) is 18.2 Å². The summed E-state index contributed by atoms with van der Waals surface area (Å²) in [5.41, 5.74) is 2.28. The molecule has 1 atom stereocenters. The van der Waals surface area contributed by atoms with Crippen molar-refractivity contribution in [1.82, 2.24) is 0 Å². The molecule has 0 bridgehead atoms. The van der Waals surface area contributed by atoms with Gasteiger partial charge in [-0.05, 0) is 48.4 Å². The van der Waals surface area contributed by atoms with E-state index in [1.807, 2.05) is 19.9 Å². The van der Waals surface area contributed by atoms with Crippen LogP contribution in [0.1, 0.15) is 37.5 Å². The van der Waals surface area contributed by atoms with Crippen molar-refractivity contribution in [2.75, 3.05) is 10.6 Å². The number of aryl methyl sites for hydroxylation is 1. The Hall–Kier alpha value is -2.89. The van der Waals surface area contributed by atoms with E-state index in [4.69, 9.17) is 4.74 Å². The minimum atomic E-state index is -0.431. The van der Waals surface area contributed by atoms with Gasteiger partial charge >= 0.3 is 12.0 Å². The quantitative estimate of drug-likeness (QED) is 0.777. The molecule has 0 radical (unpaired) electrons. The second kappa shape index (κ2) is 6.78. The summed E-state index contributed by atoms with van der Waals surface area (Å²) < 4.78 is 18.6. The van der Waals surface area contributed by atoms with Crippen molar-refractivity contribution in [2.45, 2.75) is 33.3 Å². The maximum Gasteiger partial charge on any atom is 0.323 e. The molecule has 2 aromatic rings. The summed E-state index contributed by atoms with van der Waals surface area (Å²) in [6, 6.07) is 11.0. The van der Waals surface area contributed by atoms with E-state index >= 15 is 0 Å². The third kappa shape index (κ3) is 3.85. The monoisotopic (exact) mass is 356 g/mol. The number of cyclic esters (lactones) is 1. The second-order valence-electron chi connectivity index (χ2n) is 7.20. The molecule has 0 saturated carbocycles. The molecule has 1 fully saturated rings. The molecule has 2 aromatic carbocycles. The van der Waals surface area contributed by atoms with E-state index in [2.05, 4.69) is 10.6 Å². The lowest BCUT2D eigenvalue weighted by Crippen LogP contribution is -2.20. The Bertz CT molecular complexity index is 864. The van der Waals surface area contributed by atoms with E-state index in [1.165, 1.54) is 18.2 Å². The zero-order chi connectivity index (χ0) is 18.9. The van der Waals surface area contributed by atoms with E-state index in [1.54, 1.807) is 25.1 Å². The maximum absolute atomic E-state index is 13.2. The van der Waals surface area contributed by atoms with Crippen LogP contribution in [0.3, 0.4) is 0 Å². The summed E-state index contributed by atoms with van der Waals surface area (Å²) >= 11 is 0. The predicted molar refractivity (Wildman–Crippen MR) is 97.5 cm³/mol. The van der Waals surface area contributed by atoms with Crippen LogP contribution in [-0.2, 0) is 9.53 Å². The van der Waals surface area contributed by atoms with Gasteiger partial charge in [-0.3, -0.25) is 4.79 Å². The van der Waals surface area contributed by atoms with Gasteiger partial charge in [0, 0.05) is 16.8 Å². The molecule has 1 saturated heterocycles. The average molecular weight is 356 g/mol. The van der Waals surface area contributed by atoms with Crippen LogP contribution >= 0.6 is 0 Å². The van der Waals surface area contributed by atoms with Crippen LogP contribution in [0.2, 0.25) is 0 Å². The lowest BCUT2D eigenvalue weighted by Gasteiger charge is -2.24. The summed E-state index contributed by atoms with van der Waals surface area (Å²) in [5.74, 6) is -0.572. The Morgan fingerprint density at radius 3 is 2.62 bits per heavy atom. The Kier molecular flexibility index (Phi) is 4.68. The Morgan fingerprint density at radius 1 is 1.19 bits per heavy atom. The van der Waals surface area contributed by atoms with Crippen molar-refractivity contribution in [3.8, 4) is 0 Å². The molecule has 1 unspecified atom stereocenters. The number of rotatable bonds is 3. The van der Waals surface area contributed by atoms with Gasteiger partial charge in [-0.2, -0.15) is 0 Å². The smallest absolute Gasteiger partial charge is 0.323 e. The Balaban J connectivity index is 1.72. The summed E-state index contributed by atoms with van der Waals surface area (Å²) in [6.07, 6.45) is 0.0128. The number of hydrogen-bond donors (Lipinski definition) is 2. The van der Waals surface area contributed by atoms with Gasteiger partial charge in [0.1, 0.15) is 11.9 Å². The normalized spacial score (nSPS) is 18.3. The fraction of sp³-hybridized carbons (Fsp3) is 0.300. The van der Waals surface area contributed by atoms with E-state index in [9.17, 15) is 14.0 Å². The number of carbonyl (C=O) groups is 2. The number of urea groups is 1. The van der Waals surface area contributed by atoms with Gasteiger partial charge in [-0.25, -0.2) is 9.18 Å². The van der Waals surface area contributed by atoms with Crippen LogP contribution in [0.15, 0.2) is 42.5 Å². The topological polar surface area (TPSA) is 67.4 Å². The molecule has 136 valence electrons. The number of carbonyl (C=O) groups excluding carboxylic acids is 2. The molecule has 0 aliphatic carbocycles. The van der Waals surface area contributed by atoms with Gasteiger partial charge in [0.15, 0.2) is 0 Å². The van der Waals surface area contributed by atoms with Crippen LogP contribution in [0.25, 0.3) is 0 Å². The van der Waals surface area contributed by atoms with Gasteiger partial charge in [-0.1, -0.05) is 26.0 Å². The molecule has 5 nitrogen and oxygen atoms in total. The number of hydrogen-bond acceptors (Lipinski definition) is 3. The van der Waals surface area contributed by atoms with Crippen LogP contribution in [0.5, 0.6) is 0 Å². The molecule has 2 N–H and O–H groups in total. The van der Waals surface area contributed by atoms with Crippen LogP contribution in [0.4, 0.5) is 20.6 Å². The molecule has 0 aromatic heterocycles. The van der Waals surface area contributed by atoms with E-state index in [0.717, 1.165) is 5.56 Å². The summed E-state index contributed by atoms with van der Waals surface area (Å²) in [5, 5.41) is 5.45. The largest absolute Gasteiger partial charge is 0.457 e. The molecular weight excluding hydrogens is 335 g/mol. The van der Waals surface area contributed by atoms with Crippen molar-refractivity contribution >= 4 is 23.4 Å². The lowest BCUT2D eigenvalue weighted by molar-refractivity contribution is -0.142. The molecule has 1 aliphatic rings. The fourth-order valence-electron chi connectivity index (χ4n) is 3.15. The molecule has 1 aliphatic heterocycles. The molecule has 3 rings (SSSR count). The first-order valence-corrected chi connectivity index (χ1v) is 8.38. The van der Waals surface area contributed by atoms with E-state index in [0.29, 0.717) is 23.4 Å². The highest BCUT2D eigenvalue weighted by Crippen LogP contribution is 2.45. The molecular formula is C20H21FN2O3. The molecule has 6 heteroatoms. The van der Waals surface area contributed by atoms with Crippen molar-refractivity contribution in [1.29, 1.82) is 0 Å². The van der Waals surface area contributed by atoms with Gasteiger partial charge in [-0.15, -0.1) is 0 Å². The number of esters is 1. The van der Waals surface area contributed by atoms with Crippen LogP contribution in [-0.4, -0.2) is 12.0 Å². The number of halogens is 1. The molecule has 26 heavy (non-hydrogen) atoms. The van der Waals surface area contributed by atoms with Gasteiger partial charge in [0.25, 0.3) is 0 Å². The first kappa shape index (κ1) is 17.9. The highest BCUT2D eigenvalue weighted by atomic mass is 19.1. The fourth-order valence-corrected chi connectivity index (χ4v) is 3.15. The third-order valence-electron chi connectivity index (χ3n) is 4.44. The zero-order valence-corrected chi connectivity index (χ0v) is 14.9. The number of anilines is 2. The van der Waals surface area contributed by atoms with Crippen molar-refractivity contribution in [3.63, 3.8) is 0 Å². The van der Waals surface area contributed by atoms with Crippen molar-refractivity contribution in [3.05, 3.63) is 59.4 Å². The maximum atomic E-state index is 13.2. The summed E-state index contributed by atoms with van der Waals surface area (Å²) in [4.78, 5) is 23.9. The number of nitrogens with one attached hydrogen (secondary N) is 2. The molecule has 0 spiro atoms. The first-order chi connectivity index (χ1) is 12.2. The predicted octanol–water partition coefficient (Wildman–Crippen LogP) is 4.79. The van der Waals surface area contributed by atoms with Crippen molar-refractivity contribution in [2.24, 2.45) is 5.41 Å². The molecule has 2 amide bonds. The number of ether oxygens (including phenoxy) is 1. The third-order valence-corrected chi connectivity index (χ3v) is 4.44. The zero-order valence-electron chi connectivity index (χ0n) is 14.9. The van der Waals surface area contributed by atoms with Gasteiger partial charge in [0.2, 0.25) is 0 Å². The average Bonchev–Trinajstić information content (AvgIpc) is 2.83. The van der Waals surface area contributed by atoms with E-state index in [-0.39, 0.29) is 23.3 Å². The van der Waals surface area contributed by atoms with Gasteiger partial charge in [0.05, 0.1) is 6.42 Å². The molecule has 1 heterocycles. The Morgan fingerprint density at radius 2 is 1.96 bits per heavy atom. The standard InChI is InChI=1S/C20H21FN2O3/c1-12-9-14(21)7-8-16(12)23-19(25)22-15-6-4-5-13(10-15)18-20(2,3)11-17(24)26-18/h4-10,18H,11H2,1-3H3,(H2,22,23,25). The SMILES string of the molecule is Cc1cc(F)ccc1NC(=O)Nc1cccc(C2OC(=O)CC2(C)C)c1. The minimum absolute atomic E-state index is 0.220. The summed E-state index contributed by atoms with van der Waals surface area (Å²) in [7, 11) is 0. The lowest BCUT2D eigenvalue weighted by atomic mass is 9.82. The first-order valence-electron chi connectivity index (χ1n) is 8.38. The van der Waals surface area contributed by atoms with Crippen LogP contribution < -0.4 is 10.6 Å². The highest BCUT2D eigenvalue weighted by Gasteiger charge is 2.42. The van der Waals surface area contributed by atoms with E-state index < -0.39 is 6.03 Å². The second-order valence-corrected chi connectivity index (χ2v) is 7.20. The van der Waals surface area contributed by atoms with Crippen molar-refractivity contribution < 1.29 is 18.7 Å². The highest BCUT2D eigenvalue weighted by molar-refractivity contribution is 6.00.